The molecule has 0 spiro atoms. The molecule has 0 aliphatic heterocycles. The summed E-state index contributed by atoms with van der Waals surface area (Å²) in [5.41, 5.74) is 6.38. The van der Waals surface area contributed by atoms with Crippen LogP contribution in [0.2, 0.25) is 0 Å². The molecule has 0 aliphatic carbocycles. The maximum absolute atomic E-state index is 13.3. The summed E-state index contributed by atoms with van der Waals surface area (Å²) >= 11 is 0. The van der Waals surface area contributed by atoms with E-state index >= 15 is 0 Å². The molecule has 0 amide bonds. The third-order valence-corrected chi connectivity index (χ3v) is 1.89. The Labute approximate surface area is 73.6 Å². The largest absolute Gasteiger partial charge is 0.396 e. The van der Waals surface area contributed by atoms with E-state index < -0.39 is 5.82 Å². The van der Waals surface area contributed by atoms with Gasteiger partial charge in [-0.05, 0) is 18.2 Å². The fourth-order valence-electron chi connectivity index (χ4n) is 1.25. The lowest BCUT2D eigenvalue weighted by atomic mass is 10.2. The van der Waals surface area contributed by atoms with Crippen LogP contribution in [0.3, 0.4) is 0 Å². The Morgan fingerprint density at radius 2 is 2.23 bits per heavy atom. The van der Waals surface area contributed by atoms with E-state index in [-0.39, 0.29) is 5.69 Å². The molecule has 0 atom stereocenters. The van der Waals surface area contributed by atoms with Crippen LogP contribution in [-0.4, -0.2) is 4.98 Å². The zero-order chi connectivity index (χ0) is 9.42. The van der Waals surface area contributed by atoms with Crippen molar-refractivity contribution in [3.05, 3.63) is 29.7 Å². The van der Waals surface area contributed by atoms with Gasteiger partial charge in [-0.3, -0.25) is 0 Å². The molecule has 2 aromatic rings. The van der Waals surface area contributed by atoms with Gasteiger partial charge in [0.25, 0.3) is 0 Å². The third-order valence-electron chi connectivity index (χ3n) is 1.89. The molecule has 3 nitrogen and oxygen atoms in total. The van der Waals surface area contributed by atoms with Crippen molar-refractivity contribution in [3.8, 4) is 6.07 Å². The van der Waals surface area contributed by atoms with Gasteiger partial charge in [0, 0.05) is 10.9 Å². The molecule has 1 aromatic carbocycles. The Bertz CT molecular complexity index is 507. The molecule has 3 N–H and O–H groups in total. The van der Waals surface area contributed by atoms with Crippen LogP contribution in [-0.2, 0) is 0 Å². The third kappa shape index (κ3) is 1.02. The quantitative estimate of drug-likeness (QED) is 0.599. The average Bonchev–Trinajstić information content (AvgIpc) is 2.55. The number of hydrogen-bond donors (Lipinski definition) is 2. The van der Waals surface area contributed by atoms with Crippen molar-refractivity contribution in [2.45, 2.75) is 0 Å². The van der Waals surface area contributed by atoms with Gasteiger partial charge < -0.3 is 10.7 Å². The van der Waals surface area contributed by atoms with Crippen LogP contribution >= 0.6 is 0 Å². The van der Waals surface area contributed by atoms with E-state index in [4.69, 9.17) is 11.0 Å². The fraction of sp³-hybridized carbons (Fsp3) is 0. The molecular formula is C9H6FN3. The number of rotatable bonds is 0. The van der Waals surface area contributed by atoms with Crippen LogP contribution in [0.25, 0.3) is 10.9 Å². The summed E-state index contributed by atoms with van der Waals surface area (Å²) in [6, 6.07) is 6.46. The predicted molar refractivity (Wildman–Crippen MR) is 47.4 cm³/mol. The molecule has 64 valence electrons. The van der Waals surface area contributed by atoms with E-state index in [9.17, 15) is 4.39 Å². The van der Waals surface area contributed by atoms with E-state index in [1.807, 2.05) is 6.07 Å². The molecule has 1 aromatic heterocycles. The highest BCUT2D eigenvalue weighted by atomic mass is 19.1. The number of nitrogens with zero attached hydrogens (tertiary/aromatic N) is 1. The van der Waals surface area contributed by atoms with Crippen molar-refractivity contribution in [3.63, 3.8) is 0 Å². The van der Waals surface area contributed by atoms with Crippen molar-refractivity contribution in [2.75, 3.05) is 5.73 Å². The van der Waals surface area contributed by atoms with Gasteiger partial charge >= 0.3 is 0 Å². The highest BCUT2D eigenvalue weighted by Gasteiger charge is 2.07. The van der Waals surface area contributed by atoms with Crippen molar-refractivity contribution in [1.82, 2.24) is 4.98 Å². The Hall–Kier alpha value is -2.02. The number of nitrogens with two attached hydrogens (primary N) is 1. The molecule has 13 heavy (non-hydrogen) atoms. The number of aromatic nitrogens is 1. The Morgan fingerprint density at radius 1 is 1.46 bits per heavy atom. The number of anilines is 1. The lowest BCUT2D eigenvalue weighted by Crippen LogP contribution is -1.89. The molecule has 4 heteroatoms. The second-order valence-electron chi connectivity index (χ2n) is 2.72. The minimum absolute atomic E-state index is 0.0935. The standard InChI is InChI=1S/C9H6FN3/c10-9-6-3-5(4-11)13-8(6)2-1-7(9)12/h1-3,13H,12H2. The van der Waals surface area contributed by atoms with E-state index in [1.165, 1.54) is 12.1 Å². The first-order valence-electron chi connectivity index (χ1n) is 3.69. The van der Waals surface area contributed by atoms with Crippen molar-refractivity contribution >= 4 is 16.6 Å². The zero-order valence-corrected chi connectivity index (χ0v) is 6.63. The van der Waals surface area contributed by atoms with Gasteiger partial charge in [-0.15, -0.1) is 0 Å². The normalized spacial score (nSPS) is 10.2. The summed E-state index contributed by atoms with van der Waals surface area (Å²) in [5.74, 6) is -0.477. The number of benzene rings is 1. The van der Waals surface area contributed by atoms with Gasteiger partial charge in [-0.1, -0.05) is 0 Å². The highest BCUT2D eigenvalue weighted by Crippen LogP contribution is 2.22. The number of aromatic amines is 1. The van der Waals surface area contributed by atoms with Crippen molar-refractivity contribution in [1.29, 1.82) is 5.26 Å². The van der Waals surface area contributed by atoms with E-state index in [2.05, 4.69) is 4.98 Å². The minimum Gasteiger partial charge on any atom is -0.396 e. The second-order valence-corrected chi connectivity index (χ2v) is 2.72. The molecule has 0 bridgehead atoms. The highest BCUT2D eigenvalue weighted by molar-refractivity contribution is 5.85. The van der Waals surface area contributed by atoms with Crippen molar-refractivity contribution in [2.24, 2.45) is 0 Å². The molecule has 0 saturated carbocycles. The number of hydrogen-bond acceptors (Lipinski definition) is 2. The first-order valence-corrected chi connectivity index (χ1v) is 3.69. The van der Waals surface area contributed by atoms with Crippen LogP contribution in [0.5, 0.6) is 0 Å². The average molecular weight is 175 g/mol. The number of nitriles is 1. The molecular weight excluding hydrogens is 169 g/mol. The van der Waals surface area contributed by atoms with Gasteiger partial charge in [0.15, 0.2) is 5.82 Å². The number of nitrogen functional groups attached to an aromatic ring is 1. The number of fused-ring (bicyclic) bond motifs is 1. The molecule has 0 saturated heterocycles. The molecule has 0 fully saturated rings. The molecule has 0 radical (unpaired) electrons. The monoisotopic (exact) mass is 175 g/mol. The minimum atomic E-state index is -0.477. The Kier molecular flexibility index (Phi) is 1.46. The topological polar surface area (TPSA) is 65.6 Å². The van der Waals surface area contributed by atoms with Crippen LogP contribution in [0.1, 0.15) is 5.69 Å². The van der Waals surface area contributed by atoms with Gasteiger partial charge in [0.2, 0.25) is 0 Å². The summed E-state index contributed by atoms with van der Waals surface area (Å²) in [5, 5.41) is 8.92. The molecule has 0 unspecified atom stereocenters. The summed E-state index contributed by atoms with van der Waals surface area (Å²) in [7, 11) is 0. The van der Waals surface area contributed by atoms with E-state index in [0.717, 1.165) is 0 Å². The lowest BCUT2D eigenvalue weighted by molar-refractivity contribution is 0.644. The maximum Gasteiger partial charge on any atom is 0.155 e. The molecule has 0 aliphatic rings. The van der Waals surface area contributed by atoms with Crippen LogP contribution in [0.15, 0.2) is 18.2 Å². The predicted octanol–water partition coefficient (Wildman–Crippen LogP) is 1.76. The first kappa shape index (κ1) is 7.62. The number of nitrogens with one attached hydrogen (secondary N) is 1. The van der Waals surface area contributed by atoms with Gasteiger partial charge in [-0.2, -0.15) is 5.26 Å². The molecule has 2 rings (SSSR count). The second kappa shape index (κ2) is 2.49. The van der Waals surface area contributed by atoms with Crippen LogP contribution in [0.4, 0.5) is 10.1 Å². The van der Waals surface area contributed by atoms with Gasteiger partial charge in [0.05, 0.1) is 5.69 Å². The zero-order valence-electron chi connectivity index (χ0n) is 6.63. The smallest absolute Gasteiger partial charge is 0.155 e. The Morgan fingerprint density at radius 3 is 2.92 bits per heavy atom. The molecule has 1 heterocycles. The van der Waals surface area contributed by atoms with Crippen LogP contribution in [0, 0.1) is 17.1 Å². The van der Waals surface area contributed by atoms with Crippen molar-refractivity contribution < 1.29 is 4.39 Å². The van der Waals surface area contributed by atoms with E-state index in [0.29, 0.717) is 16.6 Å². The van der Waals surface area contributed by atoms with E-state index in [1.54, 1.807) is 6.07 Å². The fourth-order valence-corrected chi connectivity index (χ4v) is 1.25. The summed E-state index contributed by atoms with van der Waals surface area (Å²) in [6.07, 6.45) is 0. The lowest BCUT2D eigenvalue weighted by Gasteiger charge is -1.95. The summed E-state index contributed by atoms with van der Waals surface area (Å²) in [6.45, 7) is 0. The number of H-pyrrole nitrogens is 1. The van der Waals surface area contributed by atoms with Gasteiger partial charge in [-0.25, -0.2) is 4.39 Å². The first-order chi connectivity index (χ1) is 6.22. The maximum atomic E-state index is 13.3. The SMILES string of the molecule is N#Cc1cc2c(F)c(N)ccc2[nH]1. The summed E-state index contributed by atoms with van der Waals surface area (Å²) in [4.78, 5) is 2.76. The summed E-state index contributed by atoms with van der Waals surface area (Å²) < 4.78 is 13.3. The Balaban J connectivity index is 2.86. The van der Waals surface area contributed by atoms with Crippen LogP contribution < -0.4 is 5.73 Å². The van der Waals surface area contributed by atoms with Gasteiger partial charge in [0.1, 0.15) is 11.8 Å². The number of halogens is 1.